The average molecular weight is 274 g/mol. The molecular formula is C16H22N2O2. The molecule has 0 radical (unpaired) electrons. The van der Waals surface area contributed by atoms with Crippen molar-refractivity contribution < 1.29 is 4.74 Å². The number of nitrogens with zero attached hydrogens (tertiary/aromatic N) is 1. The molecule has 0 saturated heterocycles. The first kappa shape index (κ1) is 14.6. The van der Waals surface area contributed by atoms with Crippen LogP contribution in [0.2, 0.25) is 0 Å². The molecule has 4 nitrogen and oxygen atoms in total. The van der Waals surface area contributed by atoms with E-state index in [4.69, 9.17) is 4.74 Å². The summed E-state index contributed by atoms with van der Waals surface area (Å²) in [7, 11) is 3.50. The summed E-state index contributed by atoms with van der Waals surface area (Å²) in [4.78, 5) is 12.0. The van der Waals surface area contributed by atoms with Crippen molar-refractivity contribution in [3.8, 4) is 0 Å². The lowest BCUT2D eigenvalue weighted by Gasteiger charge is -2.20. The first-order chi connectivity index (χ1) is 9.67. The molecule has 0 saturated carbocycles. The molecule has 0 spiro atoms. The van der Waals surface area contributed by atoms with Gasteiger partial charge in [-0.1, -0.05) is 31.5 Å². The number of ether oxygens (including phenoxy) is 1. The Hall–Kier alpha value is -1.81. The van der Waals surface area contributed by atoms with Crippen molar-refractivity contribution in [2.24, 2.45) is 7.05 Å². The third kappa shape index (κ3) is 3.02. The number of nitrogens with one attached hydrogen (secondary N) is 1. The van der Waals surface area contributed by atoms with E-state index in [2.05, 4.69) is 12.2 Å². The van der Waals surface area contributed by atoms with Crippen molar-refractivity contribution >= 4 is 16.6 Å². The number of para-hydroxylation sites is 1. The molecule has 0 fully saturated rings. The SMILES string of the molecule is CCCC(COC)Nc1cc(=O)n(C)c2ccccc12. The standard InChI is InChI=1S/C16H22N2O2/c1-4-7-12(11-20-3)17-14-10-16(19)18(2)15-9-6-5-8-13(14)15/h5-6,8-10,12,17H,4,7,11H2,1-3H3. The highest BCUT2D eigenvalue weighted by atomic mass is 16.5. The van der Waals surface area contributed by atoms with E-state index in [9.17, 15) is 4.79 Å². The lowest BCUT2D eigenvalue weighted by Crippen LogP contribution is -2.26. The minimum atomic E-state index is -0.00105. The zero-order valence-electron chi connectivity index (χ0n) is 12.3. The fraction of sp³-hybridized carbons (Fsp3) is 0.438. The Labute approximate surface area is 119 Å². The van der Waals surface area contributed by atoms with Crippen molar-refractivity contribution in [2.45, 2.75) is 25.8 Å². The first-order valence-corrected chi connectivity index (χ1v) is 7.01. The van der Waals surface area contributed by atoms with E-state index < -0.39 is 0 Å². The van der Waals surface area contributed by atoms with Crippen LogP contribution >= 0.6 is 0 Å². The maximum atomic E-state index is 12.0. The van der Waals surface area contributed by atoms with E-state index in [1.807, 2.05) is 24.3 Å². The topological polar surface area (TPSA) is 43.3 Å². The normalized spacial score (nSPS) is 12.6. The second-order valence-corrected chi connectivity index (χ2v) is 5.06. The van der Waals surface area contributed by atoms with Crippen molar-refractivity contribution in [2.75, 3.05) is 19.0 Å². The molecule has 0 aliphatic rings. The Bertz CT molecular complexity index is 628. The summed E-state index contributed by atoms with van der Waals surface area (Å²) in [5, 5.41) is 4.52. The van der Waals surface area contributed by atoms with Crippen LogP contribution in [0.15, 0.2) is 35.1 Å². The number of aryl methyl sites for hydroxylation is 1. The Balaban J connectivity index is 2.43. The lowest BCUT2D eigenvalue weighted by molar-refractivity contribution is 0.182. The third-order valence-corrected chi connectivity index (χ3v) is 3.52. The molecule has 0 aliphatic carbocycles. The van der Waals surface area contributed by atoms with Gasteiger partial charge in [-0.05, 0) is 12.5 Å². The van der Waals surface area contributed by atoms with Crippen molar-refractivity contribution in [3.63, 3.8) is 0 Å². The predicted molar refractivity (Wildman–Crippen MR) is 83.4 cm³/mol. The first-order valence-electron chi connectivity index (χ1n) is 7.01. The number of methoxy groups -OCH3 is 1. The summed E-state index contributed by atoms with van der Waals surface area (Å²) in [6.45, 7) is 2.78. The second-order valence-electron chi connectivity index (χ2n) is 5.06. The fourth-order valence-electron chi connectivity index (χ4n) is 2.50. The van der Waals surface area contributed by atoms with Crippen LogP contribution in [-0.4, -0.2) is 24.3 Å². The molecule has 2 rings (SSSR count). The van der Waals surface area contributed by atoms with Gasteiger partial charge in [0.2, 0.25) is 0 Å². The maximum absolute atomic E-state index is 12.0. The Morgan fingerprint density at radius 1 is 1.35 bits per heavy atom. The lowest BCUT2D eigenvalue weighted by atomic mass is 10.1. The molecule has 4 heteroatoms. The molecule has 1 aromatic heterocycles. The molecule has 0 bridgehead atoms. The number of hydrogen-bond acceptors (Lipinski definition) is 3. The number of fused-ring (bicyclic) bond motifs is 1. The summed E-state index contributed by atoms with van der Waals surface area (Å²) < 4.78 is 6.92. The van der Waals surface area contributed by atoms with Gasteiger partial charge in [0.25, 0.3) is 5.56 Å². The van der Waals surface area contributed by atoms with Gasteiger partial charge in [0.15, 0.2) is 0 Å². The van der Waals surface area contributed by atoms with Crippen molar-refractivity contribution in [3.05, 3.63) is 40.7 Å². The molecule has 1 atom stereocenters. The minimum Gasteiger partial charge on any atom is -0.383 e. The molecule has 2 aromatic rings. The number of pyridine rings is 1. The van der Waals surface area contributed by atoms with E-state index >= 15 is 0 Å². The number of aromatic nitrogens is 1. The molecule has 108 valence electrons. The third-order valence-electron chi connectivity index (χ3n) is 3.52. The highest BCUT2D eigenvalue weighted by Gasteiger charge is 2.11. The van der Waals surface area contributed by atoms with Gasteiger partial charge in [0.05, 0.1) is 12.1 Å². The van der Waals surface area contributed by atoms with Crippen LogP contribution in [0, 0.1) is 0 Å². The number of rotatable bonds is 6. The summed E-state index contributed by atoms with van der Waals surface area (Å²) >= 11 is 0. The van der Waals surface area contributed by atoms with Crippen molar-refractivity contribution in [1.82, 2.24) is 4.57 Å². The van der Waals surface area contributed by atoms with Crippen LogP contribution in [0.4, 0.5) is 5.69 Å². The fourth-order valence-corrected chi connectivity index (χ4v) is 2.50. The smallest absolute Gasteiger partial charge is 0.252 e. The van der Waals surface area contributed by atoms with Crippen LogP contribution in [0.3, 0.4) is 0 Å². The van der Waals surface area contributed by atoms with Gasteiger partial charge in [-0.25, -0.2) is 0 Å². The van der Waals surface area contributed by atoms with Gasteiger partial charge in [-0.15, -0.1) is 0 Å². The number of anilines is 1. The molecule has 1 heterocycles. The van der Waals surface area contributed by atoms with Gasteiger partial charge in [-0.2, -0.15) is 0 Å². The molecule has 0 aliphatic heterocycles. The Morgan fingerprint density at radius 3 is 2.80 bits per heavy atom. The molecule has 0 amide bonds. The highest BCUT2D eigenvalue weighted by molar-refractivity contribution is 5.91. The monoisotopic (exact) mass is 274 g/mol. The van der Waals surface area contributed by atoms with E-state index in [-0.39, 0.29) is 11.6 Å². The molecular weight excluding hydrogens is 252 g/mol. The van der Waals surface area contributed by atoms with E-state index in [1.54, 1.807) is 24.8 Å². The summed E-state index contributed by atoms with van der Waals surface area (Å²) in [6, 6.07) is 9.83. The van der Waals surface area contributed by atoms with Crippen LogP contribution < -0.4 is 10.9 Å². The van der Waals surface area contributed by atoms with Crippen molar-refractivity contribution in [1.29, 1.82) is 0 Å². The minimum absolute atomic E-state index is 0.00105. The Kier molecular flexibility index (Phi) is 4.79. The zero-order chi connectivity index (χ0) is 14.5. The van der Waals surface area contributed by atoms with Gasteiger partial charge in [0, 0.05) is 37.3 Å². The summed E-state index contributed by atoms with van der Waals surface area (Å²) in [5.74, 6) is 0. The number of benzene rings is 1. The van der Waals surface area contributed by atoms with Crippen LogP contribution in [0.5, 0.6) is 0 Å². The van der Waals surface area contributed by atoms with Gasteiger partial charge in [-0.3, -0.25) is 4.79 Å². The largest absolute Gasteiger partial charge is 0.383 e. The van der Waals surface area contributed by atoms with E-state index in [0.29, 0.717) is 6.61 Å². The Morgan fingerprint density at radius 2 is 2.10 bits per heavy atom. The summed E-state index contributed by atoms with van der Waals surface area (Å²) in [6.07, 6.45) is 2.08. The molecule has 1 unspecified atom stereocenters. The van der Waals surface area contributed by atoms with Crippen LogP contribution in [0.25, 0.3) is 10.9 Å². The second kappa shape index (κ2) is 6.57. The molecule has 20 heavy (non-hydrogen) atoms. The zero-order valence-corrected chi connectivity index (χ0v) is 12.3. The van der Waals surface area contributed by atoms with E-state index in [1.165, 1.54) is 0 Å². The van der Waals surface area contributed by atoms with Crippen LogP contribution in [0.1, 0.15) is 19.8 Å². The molecule has 1 aromatic carbocycles. The summed E-state index contributed by atoms with van der Waals surface area (Å²) in [5.41, 5.74) is 1.83. The average Bonchev–Trinajstić information content (AvgIpc) is 2.45. The van der Waals surface area contributed by atoms with Gasteiger partial charge in [0.1, 0.15) is 0 Å². The van der Waals surface area contributed by atoms with Crippen LogP contribution in [-0.2, 0) is 11.8 Å². The number of hydrogen-bond donors (Lipinski definition) is 1. The molecule has 1 N–H and O–H groups in total. The van der Waals surface area contributed by atoms with Gasteiger partial charge < -0.3 is 14.6 Å². The van der Waals surface area contributed by atoms with E-state index in [0.717, 1.165) is 29.4 Å². The van der Waals surface area contributed by atoms with Gasteiger partial charge >= 0.3 is 0 Å². The maximum Gasteiger partial charge on any atom is 0.252 e. The quantitative estimate of drug-likeness (QED) is 0.881. The predicted octanol–water partition coefficient (Wildman–Crippen LogP) is 2.77. The highest BCUT2D eigenvalue weighted by Crippen LogP contribution is 2.22.